The van der Waals surface area contributed by atoms with E-state index < -0.39 is 0 Å². The highest BCUT2D eigenvalue weighted by molar-refractivity contribution is 5.24. The van der Waals surface area contributed by atoms with Crippen molar-refractivity contribution in [2.75, 3.05) is 6.54 Å². The fourth-order valence-electron chi connectivity index (χ4n) is 2.52. The number of aromatic amines is 1. The Labute approximate surface area is 94.8 Å². The van der Waals surface area contributed by atoms with Crippen molar-refractivity contribution >= 4 is 0 Å². The van der Waals surface area contributed by atoms with E-state index in [4.69, 9.17) is 5.73 Å². The maximum absolute atomic E-state index is 12.2. The second-order valence-corrected chi connectivity index (χ2v) is 5.08. The normalized spacial score (nSPS) is 21.1. The summed E-state index contributed by atoms with van der Waals surface area (Å²) in [7, 11) is 0. The van der Waals surface area contributed by atoms with Gasteiger partial charge in [0.05, 0.1) is 6.04 Å². The SMILES string of the molecule is NCCc1c(C2CCC2)[nH]n(C2CC2)c1=O. The van der Waals surface area contributed by atoms with Crippen molar-refractivity contribution in [3.63, 3.8) is 0 Å². The number of nitrogens with two attached hydrogens (primary N) is 1. The second kappa shape index (κ2) is 3.77. The number of aromatic nitrogens is 2. The summed E-state index contributed by atoms with van der Waals surface area (Å²) in [6, 6.07) is 0.442. The highest BCUT2D eigenvalue weighted by atomic mass is 16.1. The van der Waals surface area contributed by atoms with Crippen molar-refractivity contribution in [1.82, 2.24) is 9.78 Å². The average molecular weight is 221 g/mol. The lowest BCUT2D eigenvalue weighted by atomic mass is 9.81. The predicted octanol–water partition coefficient (Wildman–Crippen LogP) is 1.28. The molecule has 0 atom stereocenters. The minimum absolute atomic E-state index is 0.190. The third-order valence-corrected chi connectivity index (χ3v) is 3.86. The third kappa shape index (κ3) is 1.52. The van der Waals surface area contributed by atoms with E-state index in [-0.39, 0.29) is 5.56 Å². The number of nitrogens with zero attached hydrogens (tertiary/aromatic N) is 1. The molecule has 0 aliphatic heterocycles. The minimum Gasteiger partial charge on any atom is -0.330 e. The molecule has 88 valence electrons. The Morgan fingerprint density at radius 1 is 1.31 bits per heavy atom. The summed E-state index contributed by atoms with van der Waals surface area (Å²) in [5.41, 5.74) is 7.93. The molecule has 16 heavy (non-hydrogen) atoms. The van der Waals surface area contributed by atoms with Crippen LogP contribution in [0.3, 0.4) is 0 Å². The maximum atomic E-state index is 12.2. The van der Waals surface area contributed by atoms with Crippen molar-refractivity contribution < 1.29 is 0 Å². The van der Waals surface area contributed by atoms with Gasteiger partial charge in [-0.1, -0.05) is 6.42 Å². The van der Waals surface area contributed by atoms with Crippen molar-refractivity contribution in [2.24, 2.45) is 5.73 Å². The second-order valence-electron chi connectivity index (χ2n) is 5.08. The van der Waals surface area contributed by atoms with Crippen LogP contribution in [0.2, 0.25) is 0 Å². The average Bonchev–Trinajstić information content (AvgIpc) is 2.97. The van der Waals surface area contributed by atoms with Crippen molar-refractivity contribution in [1.29, 1.82) is 0 Å². The maximum Gasteiger partial charge on any atom is 0.270 e. The van der Waals surface area contributed by atoms with Gasteiger partial charge in [0.25, 0.3) is 5.56 Å². The van der Waals surface area contributed by atoms with Crippen LogP contribution in [-0.2, 0) is 6.42 Å². The summed E-state index contributed by atoms with van der Waals surface area (Å²) in [6.07, 6.45) is 6.76. The third-order valence-electron chi connectivity index (χ3n) is 3.86. The first-order chi connectivity index (χ1) is 7.81. The van der Waals surface area contributed by atoms with Gasteiger partial charge in [0, 0.05) is 17.2 Å². The Kier molecular flexibility index (Phi) is 2.39. The predicted molar refractivity (Wildman–Crippen MR) is 62.7 cm³/mol. The Balaban J connectivity index is 1.99. The number of H-pyrrole nitrogens is 1. The summed E-state index contributed by atoms with van der Waals surface area (Å²) in [6.45, 7) is 0.567. The van der Waals surface area contributed by atoms with Crippen LogP contribution in [0.25, 0.3) is 0 Å². The molecule has 4 nitrogen and oxygen atoms in total. The van der Waals surface area contributed by atoms with E-state index in [1.54, 1.807) is 0 Å². The minimum atomic E-state index is 0.190. The molecule has 2 aliphatic carbocycles. The number of hydrogen-bond donors (Lipinski definition) is 2. The summed E-state index contributed by atoms with van der Waals surface area (Å²) in [4.78, 5) is 12.2. The first-order valence-electron chi connectivity index (χ1n) is 6.34. The van der Waals surface area contributed by atoms with Gasteiger partial charge in [-0.25, -0.2) is 4.68 Å². The molecule has 1 aromatic heterocycles. The molecule has 2 saturated carbocycles. The van der Waals surface area contributed by atoms with Crippen LogP contribution in [0.1, 0.15) is 55.3 Å². The van der Waals surface area contributed by atoms with E-state index in [9.17, 15) is 4.79 Å². The molecule has 1 aromatic rings. The first kappa shape index (κ1) is 10.1. The molecule has 0 amide bonds. The molecule has 0 spiro atoms. The topological polar surface area (TPSA) is 63.8 Å². The number of hydrogen-bond acceptors (Lipinski definition) is 2. The fourth-order valence-corrected chi connectivity index (χ4v) is 2.52. The molecule has 0 bridgehead atoms. The van der Waals surface area contributed by atoms with Crippen LogP contribution in [0, 0.1) is 0 Å². The summed E-state index contributed by atoms with van der Waals surface area (Å²) in [5, 5.41) is 3.35. The zero-order valence-electron chi connectivity index (χ0n) is 9.54. The standard InChI is InChI=1S/C12H19N3O/c13-7-6-10-11(8-2-1-3-8)14-15(12(10)16)9-4-5-9/h8-9,14H,1-7,13H2. The van der Waals surface area contributed by atoms with Crippen LogP contribution in [0.4, 0.5) is 0 Å². The number of nitrogens with one attached hydrogen (secondary N) is 1. The first-order valence-corrected chi connectivity index (χ1v) is 6.34. The van der Waals surface area contributed by atoms with E-state index in [0.29, 0.717) is 18.5 Å². The molecule has 0 aromatic carbocycles. The monoisotopic (exact) mass is 221 g/mol. The lowest BCUT2D eigenvalue weighted by Gasteiger charge is -2.25. The molecule has 3 rings (SSSR count). The van der Waals surface area contributed by atoms with Gasteiger partial charge in [0.1, 0.15) is 0 Å². The highest BCUT2D eigenvalue weighted by Crippen LogP contribution is 2.38. The van der Waals surface area contributed by atoms with Gasteiger partial charge in [-0.2, -0.15) is 0 Å². The van der Waals surface area contributed by atoms with Gasteiger partial charge in [-0.3, -0.25) is 9.89 Å². The van der Waals surface area contributed by atoms with Crippen molar-refractivity contribution in [3.05, 3.63) is 21.6 Å². The molecular formula is C12H19N3O. The summed E-state index contributed by atoms with van der Waals surface area (Å²) >= 11 is 0. The van der Waals surface area contributed by atoms with Crippen LogP contribution in [0.15, 0.2) is 4.79 Å². The van der Waals surface area contributed by atoms with Gasteiger partial charge < -0.3 is 5.73 Å². The van der Waals surface area contributed by atoms with Crippen LogP contribution in [0.5, 0.6) is 0 Å². The Morgan fingerprint density at radius 3 is 2.56 bits per heavy atom. The van der Waals surface area contributed by atoms with E-state index in [1.165, 1.54) is 25.0 Å². The van der Waals surface area contributed by atoms with Gasteiger partial charge in [0.15, 0.2) is 0 Å². The Bertz CT molecular complexity index is 438. The highest BCUT2D eigenvalue weighted by Gasteiger charge is 2.31. The largest absolute Gasteiger partial charge is 0.330 e. The van der Waals surface area contributed by atoms with Crippen molar-refractivity contribution in [3.8, 4) is 0 Å². The van der Waals surface area contributed by atoms with Gasteiger partial charge in [-0.05, 0) is 38.6 Å². The smallest absolute Gasteiger partial charge is 0.270 e. The number of rotatable bonds is 4. The molecule has 1 heterocycles. The van der Waals surface area contributed by atoms with Gasteiger partial charge >= 0.3 is 0 Å². The zero-order chi connectivity index (χ0) is 11.1. The fraction of sp³-hybridized carbons (Fsp3) is 0.750. The quantitative estimate of drug-likeness (QED) is 0.804. The lowest BCUT2D eigenvalue weighted by molar-refractivity contribution is 0.403. The van der Waals surface area contributed by atoms with E-state index in [0.717, 1.165) is 24.8 Å². The zero-order valence-corrected chi connectivity index (χ0v) is 9.54. The van der Waals surface area contributed by atoms with Crippen LogP contribution in [-0.4, -0.2) is 16.3 Å². The molecule has 4 heteroatoms. The summed E-state index contributed by atoms with van der Waals surface area (Å²) in [5.74, 6) is 0.592. The van der Waals surface area contributed by atoms with E-state index >= 15 is 0 Å². The van der Waals surface area contributed by atoms with Crippen LogP contribution >= 0.6 is 0 Å². The van der Waals surface area contributed by atoms with E-state index in [2.05, 4.69) is 5.10 Å². The molecule has 0 saturated heterocycles. The van der Waals surface area contributed by atoms with Gasteiger partial charge in [0.2, 0.25) is 0 Å². The molecule has 2 aliphatic rings. The lowest BCUT2D eigenvalue weighted by Crippen LogP contribution is -2.20. The molecule has 0 unspecified atom stereocenters. The van der Waals surface area contributed by atoms with Gasteiger partial charge in [-0.15, -0.1) is 0 Å². The Morgan fingerprint density at radius 2 is 2.06 bits per heavy atom. The molecular weight excluding hydrogens is 202 g/mol. The van der Waals surface area contributed by atoms with E-state index in [1.807, 2.05) is 4.68 Å². The molecule has 0 radical (unpaired) electrons. The summed E-state index contributed by atoms with van der Waals surface area (Å²) < 4.78 is 1.85. The van der Waals surface area contributed by atoms with Crippen LogP contribution < -0.4 is 11.3 Å². The van der Waals surface area contributed by atoms with Crippen molar-refractivity contribution in [2.45, 2.75) is 50.5 Å². The molecule has 3 N–H and O–H groups in total. The Hall–Kier alpha value is -1.03. The molecule has 2 fully saturated rings.